The Labute approximate surface area is 243 Å². The molecular formula is C34H32FN3O4. The molecule has 0 saturated heterocycles. The minimum atomic E-state index is -0.640. The predicted octanol–water partition coefficient (Wildman–Crippen LogP) is 6.33. The van der Waals surface area contributed by atoms with E-state index in [2.05, 4.69) is 10.3 Å². The number of benzene rings is 3. The molecule has 42 heavy (non-hydrogen) atoms. The smallest absolute Gasteiger partial charge is 0.253 e. The zero-order valence-electron chi connectivity index (χ0n) is 23.5. The lowest BCUT2D eigenvalue weighted by molar-refractivity contribution is 0.0947. The molecule has 2 amide bonds. The molecule has 3 N–H and O–H groups in total. The monoisotopic (exact) mass is 565 g/mol. The quantitative estimate of drug-likeness (QED) is 0.195. The largest absolute Gasteiger partial charge is 0.493 e. The fourth-order valence-corrected chi connectivity index (χ4v) is 4.75. The fourth-order valence-electron chi connectivity index (χ4n) is 4.75. The number of ether oxygens (including phenoxy) is 1. The zero-order valence-corrected chi connectivity index (χ0v) is 23.5. The van der Waals surface area contributed by atoms with Gasteiger partial charge in [-0.3, -0.25) is 14.6 Å². The van der Waals surface area contributed by atoms with Gasteiger partial charge in [-0.2, -0.15) is 0 Å². The first-order valence-corrected chi connectivity index (χ1v) is 13.8. The first-order valence-electron chi connectivity index (χ1n) is 13.8. The molecule has 5 aromatic rings. The van der Waals surface area contributed by atoms with E-state index in [4.69, 9.17) is 14.9 Å². The molecule has 0 saturated carbocycles. The van der Waals surface area contributed by atoms with Gasteiger partial charge in [0.25, 0.3) is 11.8 Å². The SMILES string of the molecule is CC(C)CNC(=O)c1cc(Cc2ccc3oc(-c4ccc(F)cc4)c(C(N)=O)c3c2)cc(OCCc2cccnc2)c1. The number of nitrogens with one attached hydrogen (secondary N) is 1. The lowest BCUT2D eigenvalue weighted by atomic mass is 9.99. The van der Waals surface area contributed by atoms with E-state index >= 15 is 0 Å². The second-order valence-electron chi connectivity index (χ2n) is 10.6. The van der Waals surface area contributed by atoms with Crippen molar-refractivity contribution in [3.63, 3.8) is 0 Å². The maximum atomic E-state index is 13.5. The second-order valence-corrected chi connectivity index (χ2v) is 10.6. The Kier molecular flexibility index (Phi) is 8.62. The number of nitrogens with zero attached hydrogens (tertiary/aromatic N) is 1. The van der Waals surface area contributed by atoms with Crippen molar-refractivity contribution in [2.75, 3.05) is 13.2 Å². The number of halogens is 1. The normalized spacial score (nSPS) is 11.1. The van der Waals surface area contributed by atoms with Crippen LogP contribution in [0.25, 0.3) is 22.3 Å². The van der Waals surface area contributed by atoms with Gasteiger partial charge in [-0.1, -0.05) is 26.0 Å². The lowest BCUT2D eigenvalue weighted by Crippen LogP contribution is -2.27. The third-order valence-electron chi connectivity index (χ3n) is 6.80. The number of fused-ring (bicyclic) bond motifs is 1. The molecule has 2 heterocycles. The number of aromatic nitrogens is 1. The summed E-state index contributed by atoms with van der Waals surface area (Å²) in [6.07, 6.45) is 4.68. The van der Waals surface area contributed by atoms with Gasteiger partial charge in [0.2, 0.25) is 0 Å². The van der Waals surface area contributed by atoms with E-state index in [-0.39, 0.29) is 11.5 Å². The molecule has 0 unspecified atom stereocenters. The van der Waals surface area contributed by atoms with Gasteiger partial charge in [0.1, 0.15) is 22.9 Å². The Balaban J connectivity index is 1.45. The van der Waals surface area contributed by atoms with Gasteiger partial charge in [-0.15, -0.1) is 0 Å². The van der Waals surface area contributed by atoms with Crippen molar-refractivity contribution in [3.8, 4) is 17.1 Å². The molecule has 0 aliphatic rings. The highest BCUT2D eigenvalue weighted by Crippen LogP contribution is 2.34. The van der Waals surface area contributed by atoms with E-state index in [9.17, 15) is 14.0 Å². The van der Waals surface area contributed by atoms with E-state index in [1.807, 2.05) is 50.2 Å². The standard InChI is InChI=1S/C34H32FN3O4/c1-21(2)19-38-34(40)26-15-24(16-28(18-26)41-13-11-22-4-3-12-37-20-22)14-23-5-10-30-29(17-23)31(33(36)39)32(42-30)25-6-8-27(35)9-7-25/h3-10,12,15-18,20-21H,11,13-14,19H2,1-2H3,(H2,36,39)(H,38,40). The first-order chi connectivity index (χ1) is 20.3. The Morgan fingerprint density at radius 2 is 1.81 bits per heavy atom. The van der Waals surface area contributed by atoms with Crippen LogP contribution >= 0.6 is 0 Å². The molecule has 0 spiro atoms. The topological polar surface area (TPSA) is 107 Å². The molecule has 5 rings (SSSR count). The van der Waals surface area contributed by atoms with Gasteiger partial charge in [-0.05, 0) is 89.7 Å². The number of hydrogen-bond acceptors (Lipinski definition) is 5. The summed E-state index contributed by atoms with van der Waals surface area (Å²) in [5.41, 5.74) is 10.4. The van der Waals surface area contributed by atoms with Gasteiger partial charge >= 0.3 is 0 Å². The van der Waals surface area contributed by atoms with Crippen molar-refractivity contribution in [1.29, 1.82) is 0 Å². The number of carbonyl (C=O) groups excluding carboxylic acids is 2. The van der Waals surface area contributed by atoms with Crippen molar-refractivity contribution in [2.24, 2.45) is 11.7 Å². The number of furan rings is 1. The van der Waals surface area contributed by atoms with Crippen LogP contribution in [0.3, 0.4) is 0 Å². The fraction of sp³-hybridized carbons (Fsp3) is 0.206. The van der Waals surface area contributed by atoms with Crippen LogP contribution in [0.2, 0.25) is 0 Å². The highest BCUT2D eigenvalue weighted by molar-refractivity contribution is 6.10. The van der Waals surface area contributed by atoms with Crippen LogP contribution in [0.1, 0.15) is 51.3 Å². The van der Waals surface area contributed by atoms with Crippen LogP contribution in [0.4, 0.5) is 4.39 Å². The van der Waals surface area contributed by atoms with E-state index in [0.717, 1.165) is 16.7 Å². The maximum Gasteiger partial charge on any atom is 0.253 e. The molecule has 0 atom stereocenters. The van der Waals surface area contributed by atoms with Crippen LogP contribution in [-0.4, -0.2) is 29.9 Å². The minimum absolute atomic E-state index is 0.173. The predicted molar refractivity (Wildman–Crippen MR) is 160 cm³/mol. The summed E-state index contributed by atoms with van der Waals surface area (Å²) in [6.45, 7) is 5.07. The van der Waals surface area contributed by atoms with Crippen LogP contribution < -0.4 is 15.8 Å². The highest BCUT2D eigenvalue weighted by Gasteiger charge is 2.21. The van der Waals surface area contributed by atoms with E-state index in [1.165, 1.54) is 12.1 Å². The van der Waals surface area contributed by atoms with Crippen molar-refractivity contribution in [3.05, 3.63) is 119 Å². The Morgan fingerprint density at radius 3 is 2.52 bits per heavy atom. The lowest BCUT2D eigenvalue weighted by Gasteiger charge is -2.13. The van der Waals surface area contributed by atoms with Gasteiger partial charge in [0.15, 0.2) is 0 Å². The number of nitrogens with two attached hydrogens (primary N) is 1. The average Bonchev–Trinajstić information content (AvgIpc) is 3.36. The minimum Gasteiger partial charge on any atom is -0.493 e. The number of pyridine rings is 1. The summed E-state index contributed by atoms with van der Waals surface area (Å²) < 4.78 is 25.6. The van der Waals surface area contributed by atoms with Crippen LogP contribution in [0, 0.1) is 11.7 Å². The zero-order chi connectivity index (χ0) is 29.6. The van der Waals surface area contributed by atoms with Crippen molar-refractivity contribution < 1.29 is 23.1 Å². The second kappa shape index (κ2) is 12.7. The molecule has 0 aliphatic carbocycles. The Hall–Kier alpha value is -4.98. The maximum absolute atomic E-state index is 13.5. The van der Waals surface area contributed by atoms with Crippen LogP contribution in [0.15, 0.2) is 89.6 Å². The number of hydrogen-bond donors (Lipinski definition) is 2. The van der Waals surface area contributed by atoms with Crippen molar-refractivity contribution >= 4 is 22.8 Å². The van der Waals surface area contributed by atoms with E-state index < -0.39 is 11.7 Å². The molecule has 3 aromatic carbocycles. The average molecular weight is 566 g/mol. The molecule has 7 nitrogen and oxygen atoms in total. The molecule has 0 fully saturated rings. The molecular weight excluding hydrogens is 533 g/mol. The molecule has 8 heteroatoms. The molecule has 0 bridgehead atoms. The van der Waals surface area contributed by atoms with Crippen molar-refractivity contribution in [1.82, 2.24) is 10.3 Å². The van der Waals surface area contributed by atoms with E-state index in [0.29, 0.717) is 65.5 Å². The molecule has 214 valence electrons. The summed E-state index contributed by atoms with van der Waals surface area (Å²) in [7, 11) is 0. The van der Waals surface area contributed by atoms with Crippen LogP contribution in [-0.2, 0) is 12.8 Å². The summed E-state index contributed by atoms with van der Waals surface area (Å²) in [5, 5.41) is 3.54. The number of rotatable bonds is 11. The summed E-state index contributed by atoms with van der Waals surface area (Å²) >= 11 is 0. The number of amides is 2. The Bertz CT molecular complexity index is 1710. The number of carbonyl (C=O) groups is 2. The summed E-state index contributed by atoms with van der Waals surface area (Å²) in [4.78, 5) is 29.6. The van der Waals surface area contributed by atoms with Gasteiger partial charge in [-0.25, -0.2) is 4.39 Å². The highest BCUT2D eigenvalue weighted by atomic mass is 19.1. The third kappa shape index (κ3) is 6.83. The molecule has 2 aromatic heterocycles. The summed E-state index contributed by atoms with van der Waals surface area (Å²) in [5.74, 6) is -0.00694. The van der Waals surface area contributed by atoms with Gasteiger partial charge in [0.05, 0.1) is 12.2 Å². The van der Waals surface area contributed by atoms with Crippen LogP contribution in [0.5, 0.6) is 5.75 Å². The number of primary amides is 1. The Morgan fingerprint density at radius 1 is 1.00 bits per heavy atom. The van der Waals surface area contributed by atoms with Gasteiger partial charge in [0, 0.05) is 41.9 Å². The third-order valence-corrected chi connectivity index (χ3v) is 6.80. The van der Waals surface area contributed by atoms with Gasteiger partial charge < -0.3 is 20.2 Å². The summed E-state index contributed by atoms with van der Waals surface area (Å²) in [6, 6.07) is 20.7. The first kappa shape index (κ1) is 28.5. The molecule has 0 aliphatic heterocycles. The molecule has 0 radical (unpaired) electrons. The van der Waals surface area contributed by atoms with E-state index in [1.54, 1.807) is 36.7 Å². The van der Waals surface area contributed by atoms with Crippen molar-refractivity contribution in [2.45, 2.75) is 26.7 Å².